The first-order valence-corrected chi connectivity index (χ1v) is 4.99. The first-order chi connectivity index (χ1) is 6.02. The molecular formula is C10H21NO2. The Bertz CT molecular complexity index is 146. The van der Waals surface area contributed by atoms with Crippen LogP contribution in [0, 0.1) is 5.92 Å². The van der Waals surface area contributed by atoms with Crippen LogP contribution in [0.25, 0.3) is 0 Å². The SMILES string of the molecule is CC(N)CCCCC(C)CC(=O)O. The summed E-state index contributed by atoms with van der Waals surface area (Å²) in [6, 6.07) is 0.273. The molecular weight excluding hydrogens is 166 g/mol. The third-order valence-electron chi connectivity index (χ3n) is 2.13. The van der Waals surface area contributed by atoms with Gasteiger partial charge in [0.2, 0.25) is 0 Å². The number of unbranched alkanes of at least 4 members (excludes halogenated alkanes) is 1. The molecule has 0 aliphatic carbocycles. The van der Waals surface area contributed by atoms with Gasteiger partial charge in [-0.15, -0.1) is 0 Å². The lowest BCUT2D eigenvalue weighted by Gasteiger charge is -2.08. The molecule has 0 fully saturated rings. The van der Waals surface area contributed by atoms with E-state index in [9.17, 15) is 4.79 Å². The zero-order valence-electron chi connectivity index (χ0n) is 8.62. The van der Waals surface area contributed by atoms with E-state index in [0.29, 0.717) is 5.92 Å². The van der Waals surface area contributed by atoms with Crippen molar-refractivity contribution < 1.29 is 9.90 Å². The van der Waals surface area contributed by atoms with Crippen LogP contribution >= 0.6 is 0 Å². The molecule has 0 aromatic rings. The molecule has 0 aromatic carbocycles. The monoisotopic (exact) mass is 187 g/mol. The summed E-state index contributed by atoms with van der Waals surface area (Å²) in [5.74, 6) is -0.398. The molecule has 13 heavy (non-hydrogen) atoms. The molecule has 0 heterocycles. The average Bonchev–Trinajstić information content (AvgIpc) is 1.96. The second-order valence-corrected chi connectivity index (χ2v) is 3.96. The van der Waals surface area contributed by atoms with Crippen LogP contribution in [0.3, 0.4) is 0 Å². The quantitative estimate of drug-likeness (QED) is 0.599. The van der Waals surface area contributed by atoms with E-state index in [1.165, 1.54) is 0 Å². The first kappa shape index (κ1) is 12.4. The van der Waals surface area contributed by atoms with Gasteiger partial charge in [0.1, 0.15) is 0 Å². The normalized spacial score (nSPS) is 15.3. The number of rotatable bonds is 7. The molecule has 0 amide bonds. The van der Waals surface area contributed by atoms with Gasteiger partial charge >= 0.3 is 5.97 Å². The second kappa shape index (κ2) is 6.89. The van der Waals surface area contributed by atoms with E-state index < -0.39 is 5.97 Å². The Kier molecular flexibility index (Phi) is 6.59. The smallest absolute Gasteiger partial charge is 0.303 e. The van der Waals surface area contributed by atoms with Crippen molar-refractivity contribution in [1.29, 1.82) is 0 Å². The van der Waals surface area contributed by atoms with E-state index in [1.807, 2.05) is 13.8 Å². The van der Waals surface area contributed by atoms with Crippen LogP contribution in [0.4, 0.5) is 0 Å². The molecule has 3 nitrogen and oxygen atoms in total. The number of hydrogen-bond acceptors (Lipinski definition) is 2. The van der Waals surface area contributed by atoms with Gasteiger partial charge in [-0.3, -0.25) is 4.79 Å². The van der Waals surface area contributed by atoms with Crippen LogP contribution in [-0.4, -0.2) is 17.1 Å². The van der Waals surface area contributed by atoms with E-state index in [4.69, 9.17) is 10.8 Å². The van der Waals surface area contributed by atoms with E-state index in [0.717, 1.165) is 25.7 Å². The molecule has 2 unspecified atom stereocenters. The van der Waals surface area contributed by atoms with Crippen molar-refractivity contribution in [3.8, 4) is 0 Å². The number of carboxylic acid groups (broad SMARTS) is 1. The summed E-state index contributed by atoms with van der Waals surface area (Å²) in [7, 11) is 0. The number of nitrogens with two attached hydrogens (primary N) is 1. The standard InChI is InChI=1S/C10H21NO2/c1-8(7-10(12)13)5-3-4-6-9(2)11/h8-9H,3-7,11H2,1-2H3,(H,12,13). The average molecular weight is 187 g/mol. The van der Waals surface area contributed by atoms with Gasteiger partial charge in [-0.2, -0.15) is 0 Å². The number of carboxylic acids is 1. The minimum atomic E-state index is -0.695. The lowest BCUT2D eigenvalue weighted by Crippen LogP contribution is -2.14. The summed E-state index contributed by atoms with van der Waals surface area (Å²) >= 11 is 0. The van der Waals surface area contributed by atoms with Crippen molar-refractivity contribution in [3.05, 3.63) is 0 Å². The molecule has 0 aromatic heterocycles. The van der Waals surface area contributed by atoms with Crippen molar-refractivity contribution in [3.63, 3.8) is 0 Å². The summed E-state index contributed by atoms with van der Waals surface area (Å²) in [6.07, 6.45) is 4.54. The number of hydrogen-bond donors (Lipinski definition) is 2. The van der Waals surface area contributed by atoms with Crippen molar-refractivity contribution in [1.82, 2.24) is 0 Å². The molecule has 0 bridgehead atoms. The van der Waals surface area contributed by atoms with Crippen LogP contribution in [0.5, 0.6) is 0 Å². The van der Waals surface area contributed by atoms with E-state index in [1.54, 1.807) is 0 Å². The van der Waals surface area contributed by atoms with Gasteiger partial charge in [-0.25, -0.2) is 0 Å². The molecule has 3 heteroatoms. The predicted octanol–water partition coefficient (Wildman–Crippen LogP) is 2.00. The summed E-state index contributed by atoms with van der Waals surface area (Å²) in [5, 5.41) is 8.51. The highest BCUT2D eigenvalue weighted by molar-refractivity contribution is 5.66. The lowest BCUT2D eigenvalue weighted by molar-refractivity contribution is -0.138. The summed E-state index contributed by atoms with van der Waals surface area (Å²) in [5.41, 5.74) is 5.60. The second-order valence-electron chi connectivity index (χ2n) is 3.96. The topological polar surface area (TPSA) is 63.3 Å². The summed E-state index contributed by atoms with van der Waals surface area (Å²) < 4.78 is 0. The van der Waals surface area contributed by atoms with Crippen molar-refractivity contribution >= 4 is 5.97 Å². The van der Waals surface area contributed by atoms with E-state index in [-0.39, 0.29) is 12.5 Å². The molecule has 0 radical (unpaired) electrons. The largest absolute Gasteiger partial charge is 0.481 e. The Labute approximate surface area is 80.3 Å². The first-order valence-electron chi connectivity index (χ1n) is 4.99. The molecule has 0 saturated heterocycles. The molecule has 0 saturated carbocycles. The molecule has 0 aliphatic heterocycles. The highest BCUT2D eigenvalue weighted by atomic mass is 16.4. The van der Waals surface area contributed by atoms with Crippen molar-refractivity contribution in [2.75, 3.05) is 0 Å². The highest BCUT2D eigenvalue weighted by Gasteiger charge is 2.06. The van der Waals surface area contributed by atoms with Gasteiger partial charge in [0.15, 0.2) is 0 Å². The fourth-order valence-electron chi connectivity index (χ4n) is 1.36. The van der Waals surface area contributed by atoms with Crippen LogP contribution < -0.4 is 5.73 Å². The number of carbonyl (C=O) groups is 1. The maximum absolute atomic E-state index is 10.3. The third-order valence-corrected chi connectivity index (χ3v) is 2.13. The van der Waals surface area contributed by atoms with Crippen LogP contribution in [0.1, 0.15) is 46.0 Å². The molecule has 3 N–H and O–H groups in total. The van der Waals surface area contributed by atoms with Gasteiger partial charge in [0, 0.05) is 12.5 Å². The van der Waals surface area contributed by atoms with Gasteiger partial charge in [-0.1, -0.05) is 26.2 Å². The third kappa shape index (κ3) is 9.34. The molecule has 2 atom stereocenters. The molecule has 0 rings (SSSR count). The highest BCUT2D eigenvalue weighted by Crippen LogP contribution is 2.13. The van der Waals surface area contributed by atoms with Crippen molar-refractivity contribution in [2.24, 2.45) is 11.7 Å². The van der Waals surface area contributed by atoms with Crippen LogP contribution in [0.15, 0.2) is 0 Å². The van der Waals surface area contributed by atoms with Gasteiger partial charge in [0.25, 0.3) is 0 Å². The van der Waals surface area contributed by atoms with Gasteiger partial charge < -0.3 is 10.8 Å². The maximum Gasteiger partial charge on any atom is 0.303 e. The minimum Gasteiger partial charge on any atom is -0.481 e. The Hall–Kier alpha value is -0.570. The van der Waals surface area contributed by atoms with E-state index in [2.05, 4.69) is 0 Å². The predicted molar refractivity (Wildman–Crippen MR) is 53.5 cm³/mol. The fourth-order valence-corrected chi connectivity index (χ4v) is 1.36. The molecule has 0 spiro atoms. The Balaban J connectivity index is 3.26. The van der Waals surface area contributed by atoms with Crippen molar-refractivity contribution in [2.45, 2.75) is 52.0 Å². The lowest BCUT2D eigenvalue weighted by atomic mass is 9.99. The molecule has 0 aliphatic rings. The zero-order valence-corrected chi connectivity index (χ0v) is 8.62. The Morgan fingerprint density at radius 3 is 2.31 bits per heavy atom. The van der Waals surface area contributed by atoms with E-state index >= 15 is 0 Å². The van der Waals surface area contributed by atoms with Crippen LogP contribution in [-0.2, 0) is 4.79 Å². The molecule has 78 valence electrons. The van der Waals surface area contributed by atoms with Crippen LogP contribution in [0.2, 0.25) is 0 Å². The van der Waals surface area contributed by atoms with Gasteiger partial charge in [0.05, 0.1) is 0 Å². The zero-order chi connectivity index (χ0) is 10.3. The maximum atomic E-state index is 10.3. The van der Waals surface area contributed by atoms with Gasteiger partial charge in [-0.05, 0) is 19.3 Å². The summed E-state index contributed by atoms with van der Waals surface area (Å²) in [6.45, 7) is 3.99. The minimum absolute atomic E-state index is 0.273. The fraction of sp³-hybridized carbons (Fsp3) is 0.900. The Morgan fingerprint density at radius 1 is 1.31 bits per heavy atom. The number of aliphatic carboxylic acids is 1. The Morgan fingerprint density at radius 2 is 1.85 bits per heavy atom. The summed E-state index contributed by atoms with van der Waals surface area (Å²) in [4.78, 5) is 10.3.